The maximum Gasteiger partial charge on any atom is 0.327 e. The van der Waals surface area contributed by atoms with Crippen LogP contribution in [0.15, 0.2) is 84.9 Å². The van der Waals surface area contributed by atoms with Gasteiger partial charge in [-0.3, -0.25) is 33.6 Å². The van der Waals surface area contributed by atoms with E-state index in [2.05, 4.69) is 21.3 Å². The molecule has 0 saturated carbocycles. The molecule has 30 nitrogen and oxygen atoms in total. The summed E-state index contributed by atoms with van der Waals surface area (Å²) in [5, 5.41) is 11.7. The summed E-state index contributed by atoms with van der Waals surface area (Å²) in [5.41, 5.74) is 0.807. The zero-order chi connectivity index (χ0) is 81.0. The first-order valence-corrected chi connectivity index (χ1v) is 41.0. The van der Waals surface area contributed by atoms with Gasteiger partial charge in [-0.2, -0.15) is 0 Å². The number of piperazine rings is 2. The molecular formula is C84H116N10O20. The van der Waals surface area contributed by atoms with Crippen molar-refractivity contribution in [2.45, 2.75) is 182 Å². The molecule has 114 heavy (non-hydrogen) atoms. The lowest BCUT2D eigenvalue weighted by Crippen LogP contribution is -2.73. The monoisotopic (exact) mass is 1580 g/mol. The number of carbonyl (C=O) groups excluding carboxylic acids is 10. The van der Waals surface area contributed by atoms with E-state index in [0.29, 0.717) is 247 Å². The van der Waals surface area contributed by atoms with Gasteiger partial charge < -0.3 is 88.2 Å². The highest BCUT2D eigenvalue weighted by molar-refractivity contribution is 6.04. The van der Waals surface area contributed by atoms with Crippen molar-refractivity contribution in [3.05, 3.63) is 107 Å². The van der Waals surface area contributed by atoms with Gasteiger partial charge in [-0.15, -0.1) is 0 Å². The van der Waals surface area contributed by atoms with Crippen molar-refractivity contribution in [1.29, 1.82) is 0 Å². The second-order valence-corrected chi connectivity index (χ2v) is 29.5. The van der Waals surface area contributed by atoms with Crippen molar-refractivity contribution >= 4 is 59.3 Å². The number of ether oxygens (including phenoxy) is 10. The Labute approximate surface area is 668 Å². The summed E-state index contributed by atoms with van der Waals surface area (Å²) in [6.07, 6.45) is 8.55. The minimum absolute atomic E-state index is 0.00371. The average Bonchev–Trinajstić information content (AvgIpc) is 0.780. The fraction of sp³-hybridized carbons (Fsp3) is 0.595. The largest absolute Gasteiger partial charge is 0.469 e. The maximum atomic E-state index is 13.9. The number of rotatable bonds is 45. The molecular weight excluding hydrogens is 1470 g/mol. The normalized spacial score (nSPS) is 17.7. The van der Waals surface area contributed by atoms with Gasteiger partial charge in [-0.05, 0) is 155 Å². The summed E-state index contributed by atoms with van der Waals surface area (Å²) in [7, 11) is 0. The van der Waals surface area contributed by atoms with Crippen LogP contribution in [-0.2, 0) is 42.9 Å². The van der Waals surface area contributed by atoms with Crippen molar-refractivity contribution in [3.8, 4) is 34.5 Å². The molecule has 30 heteroatoms. The van der Waals surface area contributed by atoms with E-state index in [1.807, 2.05) is 77.9 Å². The van der Waals surface area contributed by atoms with Gasteiger partial charge in [-0.1, -0.05) is 72.9 Å². The molecule has 4 N–H and O–H groups in total. The Bertz CT molecular complexity index is 3630. The number of ketones is 1. The fourth-order valence-electron chi connectivity index (χ4n) is 15.2. The first-order chi connectivity index (χ1) is 55.4. The first kappa shape index (κ1) is 86.6. The number of urea groups is 3. The molecule has 622 valence electrons. The molecule has 0 unspecified atom stereocenters. The van der Waals surface area contributed by atoms with Crippen molar-refractivity contribution in [2.24, 2.45) is 10.8 Å². The lowest BCUT2D eigenvalue weighted by atomic mass is 9.72. The molecule has 4 saturated heterocycles. The van der Waals surface area contributed by atoms with Crippen LogP contribution >= 0.6 is 0 Å². The number of Topliss-reactive ketones (excluding diaryl/α,β-unsaturated/α-hetero) is 1. The molecule has 4 aromatic carbocycles. The number of nitrogens with zero attached hydrogens (tertiary/aromatic N) is 6. The van der Waals surface area contributed by atoms with E-state index >= 15 is 0 Å². The third-order valence-electron chi connectivity index (χ3n) is 22.3. The predicted octanol–water partition coefficient (Wildman–Crippen LogP) is 10.5. The summed E-state index contributed by atoms with van der Waals surface area (Å²) in [6, 6.07) is 22.4. The van der Waals surface area contributed by atoms with Gasteiger partial charge in [0.15, 0.2) is 35.5 Å². The van der Waals surface area contributed by atoms with Crippen molar-refractivity contribution in [3.63, 3.8) is 0 Å². The lowest BCUT2D eigenvalue weighted by molar-refractivity contribution is -0.191. The number of benzene rings is 4. The highest BCUT2D eigenvalue weighted by Crippen LogP contribution is 2.48. The second kappa shape index (κ2) is 43.1. The van der Waals surface area contributed by atoms with Gasteiger partial charge in [0.1, 0.15) is 28.1 Å². The van der Waals surface area contributed by atoms with Crippen LogP contribution in [0.1, 0.15) is 201 Å². The Morgan fingerprint density at radius 3 is 1.21 bits per heavy atom. The lowest BCUT2D eigenvalue weighted by Gasteiger charge is -2.53. The number of imide groups is 2. The van der Waals surface area contributed by atoms with E-state index in [9.17, 15) is 47.9 Å². The number of unbranched alkanes of at least 4 members (excludes halogenated alkanes) is 2. The molecule has 0 aliphatic carbocycles. The van der Waals surface area contributed by atoms with Gasteiger partial charge in [0, 0.05) is 122 Å². The summed E-state index contributed by atoms with van der Waals surface area (Å²) in [5.74, 6) is 2.57. The molecule has 0 bridgehead atoms. The zero-order valence-electron chi connectivity index (χ0n) is 67.1. The number of hydrogen-bond donors (Lipinski definition) is 4. The minimum atomic E-state index is -0.892. The predicted molar refractivity (Wildman–Crippen MR) is 420 cm³/mol. The Hall–Kier alpha value is -9.78. The average molecular weight is 1590 g/mol. The summed E-state index contributed by atoms with van der Waals surface area (Å²) >= 11 is 0. The third-order valence-corrected chi connectivity index (χ3v) is 22.3. The van der Waals surface area contributed by atoms with Gasteiger partial charge in [0.25, 0.3) is 11.8 Å². The van der Waals surface area contributed by atoms with E-state index in [-0.39, 0.29) is 72.9 Å². The number of likely N-dealkylation sites (tertiary alicyclic amines) is 2. The molecule has 6 heterocycles. The molecule has 10 rings (SSSR count). The van der Waals surface area contributed by atoms with Gasteiger partial charge in [0.2, 0.25) is 37.2 Å². The van der Waals surface area contributed by atoms with Gasteiger partial charge in [0.05, 0.1) is 45.1 Å². The highest BCUT2D eigenvalue weighted by atomic mass is 16.7. The first-order valence-electron chi connectivity index (χ1n) is 41.0. The molecule has 0 radical (unpaired) electrons. The quantitative estimate of drug-likeness (QED) is 0.0236. The Morgan fingerprint density at radius 2 is 0.798 bits per heavy atom. The van der Waals surface area contributed by atoms with Crippen LogP contribution in [0.5, 0.6) is 34.5 Å². The smallest absolute Gasteiger partial charge is 0.327 e. The van der Waals surface area contributed by atoms with E-state index in [4.69, 9.17) is 47.4 Å². The van der Waals surface area contributed by atoms with Crippen LogP contribution in [-0.4, -0.2) is 233 Å². The van der Waals surface area contributed by atoms with Crippen molar-refractivity contribution < 1.29 is 95.3 Å². The highest BCUT2D eigenvalue weighted by Gasteiger charge is 2.64. The molecule has 0 aromatic heterocycles. The number of carbonyl (C=O) groups is 10. The second-order valence-electron chi connectivity index (χ2n) is 29.5. The molecule has 4 aromatic rings. The van der Waals surface area contributed by atoms with Gasteiger partial charge >= 0.3 is 18.1 Å². The molecule has 6 aliphatic rings. The minimum Gasteiger partial charge on any atom is -0.469 e. The number of β-lactam (4-membered cyclic amide) rings is 2. The standard InChI is InChI=1S/C84H116N10O20/c1-7-19-66(61-29-35-68-70(55-61)111-57-109-68)87-81(103)93-76(100)83(9-3,10-4)78(93)113-64-31-25-59(26-32-64)74(98)91-43-39-89(40-44-91)72(96)23-17-48-106-52-51-105-47-16-22-63(95)21-14-13-15-37-85-80(102)86-38-50-108-54-53-107-49-18-24-73(97)90-41-45-92(46-42-90)75(99)60-27-33-65(34-28-60)114-79-84(11-5,12-6)77(101)94(79)82(104)88-67(20-8-2)62-30-36-69-71(56-62)112-58-110-69/h25-36,55-56,66-67,78-79H,7-24,37-54,57-58H2,1-6H3,(H,87,103)(H,88,104)(H2,85,86,102)/t66-,67-,78+,79+/m1/s1. The van der Waals surface area contributed by atoms with E-state index in [0.717, 1.165) is 48.1 Å². The van der Waals surface area contributed by atoms with E-state index in [1.54, 1.807) is 68.1 Å². The number of fused-ring (bicyclic) bond motifs is 2. The number of amides is 12. The molecule has 6 aliphatic heterocycles. The van der Waals surface area contributed by atoms with E-state index in [1.165, 1.54) is 4.90 Å². The molecule has 0 spiro atoms. The van der Waals surface area contributed by atoms with Crippen LogP contribution < -0.4 is 49.7 Å². The number of hydrogen-bond acceptors (Lipinski definition) is 20. The fourth-order valence-corrected chi connectivity index (χ4v) is 15.2. The number of nitrogens with one attached hydrogen (secondary N) is 4. The Kier molecular flexibility index (Phi) is 32.7. The zero-order valence-corrected chi connectivity index (χ0v) is 67.1. The third kappa shape index (κ3) is 22.2. The van der Waals surface area contributed by atoms with Gasteiger partial charge in [-0.25, -0.2) is 24.2 Å². The molecule has 12 amide bonds. The van der Waals surface area contributed by atoms with Crippen LogP contribution in [0.4, 0.5) is 14.4 Å². The van der Waals surface area contributed by atoms with E-state index < -0.39 is 35.3 Å². The summed E-state index contributed by atoms with van der Waals surface area (Å²) in [6.45, 7) is 18.9. The molecule has 4 fully saturated rings. The summed E-state index contributed by atoms with van der Waals surface area (Å²) in [4.78, 5) is 143. The van der Waals surface area contributed by atoms with Crippen molar-refractivity contribution in [1.82, 2.24) is 50.7 Å². The van der Waals surface area contributed by atoms with Crippen LogP contribution in [0.25, 0.3) is 0 Å². The van der Waals surface area contributed by atoms with Crippen LogP contribution in [0.3, 0.4) is 0 Å². The SMILES string of the molecule is CCC[C@@H](NC(=O)N1C(=O)C(CC)(CC)[C@@H]1Oc1ccc(C(=O)N2CCN(C(=O)CCCOCCOCCCC(=O)CCCCCNC(=O)NCCOCCOCCCC(=O)N3CCN(C(=O)c4ccc(O[C@@H]5N(C(=O)N[C@H](CCC)c6ccc7c(c6)OCO7)C(=O)C5(CC)CC)cc4)CC3)CC2)cc1)c1ccc2c(c1)OCO2. The Balaban J connectivity index is 0.482. The van der Waals surface area contributed by atoms with Crippen LogP contribution in [0.2, 0.25) is 0 Å². The summed E-state index contributed by atoms with van der Waals surface area (Å²) < 4.78 is 57.6. The van der Waals surface area contributed by atoms with Crippen molar-refractivity contribution in [2.75, 3.05) is 132 Å². The van der Waals surface area contributed by atoms with Crippen LogP contribution in [0, 0.1) is 10.8 Å². The topological polar surface area (TPSA) is 331 Å². The maximum absolute atomic E-state index is 13.9. The Morgan fingerprint density at radius 1 is 0.421 bits per heavy atom. The molecule has 4 atom stereocenters.